The highest BCUT2D eigenvalue weighted by atomic mass is 15.3. The standard InChI is InChI=1S/C19H24N6/c1-2-5-17-16(4-1)6-7-18(23-17)20-10-11-24-12-14-25(15-13-24)19-21-8-3-9-22-19/h1-5,8-9H,6-7,10-15H2,(H,20,23). The van der Waals surface area contributed by atoms with E-state index in [4.69, 9.17) is 4.99 Å². The molecule has 6 heteroatoms. The number of nitrogens with one attached hydrogen (secondary N) is 1. The Hall–Kier alpha value is -2.47. The lowest BCUT2D eigenvalue weighted by Crippen LogP contribution is -2.47. The van der Waals surface area contributed by atoms with Gasteiger partial charge < -0.3 is 10.2 Å². The van der Waals surface area contributed by atoms with Crippen LogP contribution in [0.1, 0.15) is 12.0 Å². The van der Waals surface area contributed by atoms with Crippen molar-refractivity contribution in [2.75, 3.05) is 49.5 Å². The van der Waals surface area contributed by atoms with Gasteiger partial charge in [0.2, 0.25) is 5.95 Å². The third kappa shape index (κ3) is 3.96. The summed E-state index contributed by atoms with van der Waals surface area (Å²) in [5.41, 5.74) is 2.60. The molecular weight excluding hydrogens is 312 g/mol. The van der Waals surface area contributed by atoms with E-state index in [1.54, 1.807) is 12.4 Å². The van der Waals surface area contributed by atoms with Crippen LogP contribution < -0.4 is 10.2 Å². The van der Waals surface area contributed by atoms with Crippen molar-refractivity contribution < 1.29 is 0 Å². The van der Waals surface area contributed by atoms with Crippen molar-refractivity contribution in [1.29, 1.82) is 0 Å². The van der Waals surface area contributed by atoms with Crippen LogP contribution in [0.15, 0.2) is 47.7 Å². The molecule has 25 heavy (non-hydrogen) atoms. The minimum absolute atomic E-state index is 0.840. The summed E-state index contributed by atoms with van der Waals surface area (Å²) >= 11 is 0. The molecule has 1 aromatic heterocycles. The number of fused-ring (bicyclic) bond motifs is 1. The van der Waals surface area contributed by atoms with Gasteiger partial charge in [-0.1, -0.05) is 18.2 Å². The fourth-order valence-electron chi connectivity index (χ4n) is 3.40. The molecule has 0 spiro atoms. The Kier molecular flexibility index (Phi) is 4.88. The fraction of sp³-hybridized carbons (Fsp3) is 0.421. The largest absolute Gasteiger partial charge is 0.344 e. The minimum atomic E-state index is 0.840. The van der Waals surface area contributed by atoms with Crippen molar-refractivity contribution in [1.82, 2.24) is 14.9 Å². The van der Waals surface area contributed by atoms with Crippen molar-refractivity contribution in [3.8, 4) is 0 Å². The smallest absolute Gasteiger partial charge is 0.225 e. The molecule has 0 bridgehead atoms. The number of benzene rings is 1. The molecule has 1 N–H and O–H groups in total. The first kappa shape index (κ1) is 16.0. The van der Waals surface area contributed by atoms with Gasteiger partial charge in [0.25, 0.3) is 0 Å². The van der Waals surface area contributed by atoms with Crippen LogP contribution in [0, 0.1) is 0 Å². The Morgan fingerprint density at radius 2 is 1.76 bits per heavy atom. The van der Waals surface area contributed by atoms with E-state index in [2.05, 4.69) is 49.4 Å². The summed E-state index contributed by atoms with van der Waals surface area (Å²) in [5.74, 6) is 1.96. The zero-order valence-corrected chi connectivity index (χ0v) is 14.4. The second kappa shape index (κ2) is 7.61. The summed E-state index contributed by atoms with van der Waals surface area (Å²) in [6.07, 6.45) is 5.70. The molecule has 0 aliphatic carbocycles. The number of aryl methyl sites for hydroxylation is 1. The number of rotatable bonds is 4. The molecule has 6 nitrogen and oxygen atoms in total. The maximum atomic E-state index is 4.78. The van der Waals surface area contributed by atoms with Crippen LogP contribution in [0.25, 0.3) is 0 Å². The second-order valence-corrected chi connectivity index (χ2v) is 6.49. The van der Waals surface area contributed by atoms with Crippen LogP contribution in [0.2, 0.25) is 0 Å². The molecule has 0 unspecified atom stereocenters. The minimum Gasteiger partial charge on any atom is -0.344 e. The topological polar surface area (TPSA) is 56.7 Å². The lowest BCUT2D eigenvalue weighted by atomic mass is 10.0. The lowest BCUT2D eigenvalue weighted by molar-refractivity contribution is 0.264. The SMILES string of the molecule is c1cnc(N2CCN(CCN=C3CCc4ccccc4N3)CC2)nc1. The average molecular weight is 336 g/mol. The predicted octanol–water partition coefficient (Wildman–Crippen LogP) is 2.06. The van der Waals surface area contributed by atoms with Crippen molar-refractivity contribution in [2.24, 2.45) is 4.99 Å². The molecule has 0 saturated carbocycles. The number of aromatic nitrogens is 2. The summed E-state index contributed by atoms with van der Waals surface area (Å²) in [5, 5.41) is 3.47. The summed E-state index contributed by atoms with van der Waals surface area (Å²) in [6, 6.07) is 10.4. The Morgan fingerprint density at radius 3 is 2.60 bits per heavy atom. The summed E-state index contributed by atoms with van der Waals surface area (Å²) < 4.78 is 0. The first-order valence-electron chi connectivity index (χ1n) is 9.01. The van der Waals surface area contributed by atoms with Crippen LogP contribution in [0.5, 0.6) is 0 Å². The molecule has 1 aromatic carbocycles. The summed E-state index contributed by atoms with van der Waals surface area (Å²) in [6.45, 7) is 5.90. The zero-order chi connectivity index (χ0) is 16.9. The van der Waals surface area contributed by atoms with E-state index in [9.17, 15) is 0 Å². The normalized spacial score (nSPS) is 19.5. The molecule has 130 valence electrons. The third-order valence-corrected chi connectivity index (χ3v) is 4.85. The van der Waals surface area contributed by atoms with Crippen LogP contribution >= 0.6 is 0 Å². The number of para-hydroxylation sites is 1. The highest BCUT2D eigenvalue weighted by Gasteiger charge is 2.18. The number of piperazine rings is 1. The van der Waals surface area contributed by atoms with Gasteiger partial charge in [0, 0.05) is 57.2 Å². The summed E-state index contributed by atoms with van der Waals surface area (Å²) in [7, 11) is 0. The number of amidine groups is 1. The van der Waals surface area contributed by atoms with E-state index >= 15 is 0 Å². The van der Waals surface area contributed by atoms with Crippen LogP contribution in [-0.4, -0.2) is 60.0 Å². The average Bonchev–Trinajstić information content (AvgIpc) is 2.69. The van der Waals surface area contributed by atoms with Gasteiger partial charge in [-0.15, -0.1) is 0 Å². The maximum absolute atomic E-state index is 4.78. The molecule has 2 aliphatic heterocycles. The van der Waals surface area contributed by atoms with E-state index in [0.717, 1.165) is 63.9 Å². The van der Waals surface area contributed by atoms with Gasteiger partial charge in [0.05, 0.1) is 6.54 Å². The van der Waals surface area contributed by atoms with Gasteiger partial charge in [0.1, 0.15) is 5.84 Å². The molecule has 2 aliphatic rings. The van der Waals surface area contributed by atoms with Gasteiger partial charge in [-0.2, -0.15) is 0 Å². The highest BCUT2D eigenvalue weighted by molar-refractivity contribution is 5.98. The third-order valence-electron chi connectivity index (χ3n) is 4.85. The highest BCUT2D eigenvalue weighted by Crippen LogP contribution is 2.21. The second-order valence-electron chi connectivity index (χ2n) is 6.49. The van der Waals surface area contributed by atoms with Gasteiger partial charge in [-0.05, 0) is 24.1 Å². The van der Waals surface area contributed by atoms with E-state index in [0.29, 0.717) is 0 Å². The number of hydrogen-bond acceptors (Lipinski definition) is 5. The van der Waals surface area contributed by atoms with Crippen LogP contribution in [0.4, 0.5) is 11.6 Å². The first-order chi connectivity index (χ1) is 12.4. The van der Waals surface area contributed by atoms with Crippen molar-refractivity contribution >= 4 is 17.5 Å². The van der Waals surface area contributed by atoms with Crippen molar-refractivity contribution in [3.63, 3.8) is 0 Å². The monoisotopic (exact) mass is 336 g/mol. The molecule has 1 saturated heterocycles. The number of aliphatic imine (C=N–C) groups is 1. The van der Waals surface area contributed by atoms with Crippen LogP contribution in [-0.2, 0) is 6.42 Å². The Morgan fingerprint density at radius 1 is 0.960 bits per heavy atom. The van der Waals surface area contributed by atoms with E-state index in [1.165, 1.54) is 11.3 Å². The fourth-order valence-corrected chi connectivity index (χ4v) is 3.40. The molecule has 0 atom stereocenters. The molecule has 2 aromatic rings. The van der Waals surface area contributed by atoms with Gasteiger partial charge >= 0.3 is 0 Å². The van der Waals surface area contributed by atoms with Crippen molar-refractivity contribution in [2.45, 2.75) is 12.8 Å². The lowest BCUT2D eigenvalue weighted by Gasteiger charge is -2.34. The predicted molar refractivity (Wildman–Crippen MR) is 101 cm³/mol. The molecule has 1 fully saturated rings. The first-order valence-corrected chi connectivity index (χ1v) is 9.01. The van der Waals surface area contributed by atoms with Gasteiger partial charge in [-0.25, -0.2) is 9.97 Å². The van der Waals surface area contributed by atoms with Gasteiger partial charge in [-0.3, -0.25) is 9.89 Å². The van der Waals surface area contributed by atoms with E-state index < -0.39 is 0 Å². The zero-order valence-electron chi connectivity index (χ0n) is 14.4. The Bertz CT molecular complexity index is 722. The van der Waals surface area contributed by atoms with Crippen molar-refractivity contribution in [3.05, 3.63) is 48.3 Å². The molecule has 4 rings (SSSR count). The number of anilines is 2. The molecular formula is C19H24N6. The van der Waals surface area contributed by atoms with Crippen LogP contribution in [0.3, 0.4) is 0 Å². The van der Waals surface area contributed by atoms with E-state index in [1.807, 2.05) is 6.07 Å². The quantitative estimate of drug-likeness (QED) is 0.926. The molecule has 0 amide bonds. The maximum Gasteiger partial charge on any atom is 0.225 e. The molecule has 0 radical (unpaired) electrons. The Labute approximate surface area is 148 Å². The van der Waals surface area contributed by atoms with E-state index in [-0.39, 0.29) is 0 Å². The number of nitrogens with zero attached hydrogens (tertiary/aromatic N) is 5. The summed E-state index contributed by atoms with van der Waals surface area (Å²) in [4.78, 5) is 18.2. The Balaban J connectivity index is 1.24. The number of hydrogen-bond donors (Lipinski definition) is 1. The van der Waals surface area contributed by atoms with Gasteiger partial charge in [0.15, 0.2) is 0 Å². The molecule has 3 heterocycles.